The first-order chi connectivity index (χ1) is 12.1. The summed E-state index contributed by atoms with van der Waals surface area (Å²) in [5.74, 6) is 1.35. The van der Waals surface area contributed by atoms with Crippen molar-refractivity contribution >= 4 is 11.6 Å². The summed E-state index contributed by atoms with van der Waals surface area (Å²) in [4.78, 5) is 11.6. The van der Waals surface area contributed by atoms with Gasteiger partial charge in [0.1, 0.15) is 12.4 Å². The van der Waals surface area contributed by atoms with Gasteiger partial charge in [0.15, 0.2) is 0 Å². The monoisotopic (exact) mass is 339 g/mol. The Hall–Kier alpha value is -2.49. The summed E-state index contributed by atoms with van der Waals surface area (Å²) in [6, 6.07) is 17.9. The number of carbonyl (C=O) groups is 1. The molecule has 2 N–H and O–H groups in total. The summed E-state index contributed by atoms with van der Waals surface area (Å²) in [6.07, 6.45) is 2.52. The highest BCUT2D eigenvalue weighted by molar-refractivity contribution is 5.84. The van der Waals surface area contributed by atoms with E-state index >= 15 is 0 Å². The SMILES string of the molecule is CC(C)C[CH]C(=O)NCCNc1ccc(OCc2ccccc2)cc1. The molecular formula is C21H27N2O2. The number of nitrogens with one attached hydrogen (secondary N) is 2. The number of carbonyl (C=O) groups excluding carboxylic acids is 1. The van der Waals surface area contributed by atoms with Gasteiger partial charge in [0.25, 0.3) is 0 Å². The molecular weight excluding hydrogens is 312 g/mol. The summed E-state index contributed by atoms with van der Waals surface area (Å²) >= 11 is 0. The normalized spacial score (nSPS) is 10.5. The molecule has 2 aromatic carbocycles. The lowest BCUT2D eigenvalue weighted by Gasteiger charge is -2.10. The maximum atomic E-state index is 11.6. The number of benzene rings is 2. The van der Waals surface area contributed by atoms with Crippen molar-refractivity contribution < 1.29 is 9.53 Å². The molecule has 25 heavy (non-hydrogen) atoms. The first-order valence-corrected chi connectivity index (χ1v) is 8.75. The first kappa shape index (κ1) is 18.8. The van der Waals surface area contributed by atoms with Gasteiger partial charge in [-0.3, -0.25) is 4.79 Å². The Labute approximate surface area is 150 Å². The van der Waals surface area contributed by atoms with Crippen LogP contribution in [0.5, 0.6) is 5.75 Å². The minimum atomic E-state index is 0.000148. The van der Waals surface area contributed by atoms with Crippen LogP contribution >= 0.6 is 0 Å². The third-order valence-electron chi connectivity index (χ3n) is 3.63. The lowest BCUT2D eigenvalue weighted by Crippen LogP contribution is -2.29. The van der Waals surface area contributed by atoms with Gasteiger partial charge in [0.05, 0.1) is 0 Å². The fourth-order valence-corrected chi connectivity index (χ4v) is 2.22. The molecule has 0 aromatic heterocycles. The van der Waals surface area contributed by atoms with Gasteiger partial charge in [0.2, 0.25) is 5.91 Å². The minimum Gasteiger partial charge on any atom is -0.489 e. The van der Waals surface area contributed by atoms with Crippen molar-refractivity contribution in [1.82, 2.24) is 5.32 Å². The molecule has 0 fully saturated rings. The smallest absolute Gasteiger partial charge is 0.223 e. The van der Waals surface area contributed by atoms with Gasteiger partial charge in [0, 0.05) is 25.2 Å². The van der Waals surface area contributed by atoms with E-state index in [9.17, 15) is 4.79 Å². The van der Waals surface area contributed by atoms with Crippen LogP contribution in [-0.4, -0.2) is 19.0 Å². The molecule has 0 aliphatic carbocycles. The average molecular weight is 339 g/mol. The zero-order valence-electron chi connectivity index (χ0n) is 15.0. The highest BCUT2D eigenvalue weighted by Crippen LogP contribution is 2.16. The standard InChI is InChI=1S/C21H27N2O2/c1-17(2)8-13-21(24)23-15-14-22-19-9-11-20(12-10-19)25-16-18-6-4-3-5-7-18/h3-7,9-13,17,22H,8,14-16H2,1-2H3,(H,23,24). The lowest BCUT2D eigenvalue weighted by molar-refractivity contribution is -0.118. The number of hydrogen-bond acceptors (Lipinski definition) is 3. The van der Waals surface area contributed by atoms with Crippen molar-refractivity contribution in [2.45, 2.75) is 26.9 Å². The van der Waals surface area contributed by atoms with Crippen molar-refractivity contribution in [2.75, 3.05) is 18.4 Å². The Balaban J connectivity index is 1.64. The van der Waals surface area contributed by atoms with Crippen LogP contribution in [0.15, 0.2) is 54.6 Å². The van der Waals surface area contributed by atoms with Crippen LogP contribution in [0.2, 0.25) is 0 Å². The average Bonchev–Trinajstić information content (AvgIpc) is 2.63. The summed E-state index contributed by atoms with van der Waals surface area (Å²) in [5.41, 5.74) is 2.15. The van der Waals surface area contributed by atoms with Crippen molar-refractivity contribution in [3.8, 4) is 5.75 Å². The van der Waals surface area contributed by atoms with Gasteiger partial charge in [-0.05, 0) is 42.2 Å². The molecule has 0 unspecified atom stereocenters. The Morgan fingerprint density at radius 1 is 1.04 bits per heavy atom. The van der Waals surface area contributed by atoms with Crippen molar-refractivity contribution in [3.05, 3.63) is 66.6 Å². The van der Waals surface area contributed by atoms with Crippen LogP contribution < -0.4 is 15.4 Å². The van der Waals surface area contributed by atoms with E-state index in [1.807, 2.05) is 54.6 Å². The third kappa shape index (κ3) is 7.75. The van der Waals surface area contributed by atoms with Crippen LogP contribution in [0.1, 0.15) is 25.8 Å². The summed E-state index contributed by atoms with van der Waals surface area (Å²) in [6.45, 7) is 6.04. The predicted molar refractivity (Wildman–Crippen MR) is 102 cm³/mol. The number of rotatable bonds is 10. The van der Waals surface area contributed by atoms with Gasteiger partial charge < -0.3 is 15.4 Å². The molecule has 0 spiro atoms. The van der Waals surface area contributed by atoms with Gasteiger partial charge in [-0.25, -0.2) is 0 Å². The maximum Gasteiger partial charge on any atom is 0.223 e. The van der Waals surface area contributed by atoms with Crippen LogP contribution in [0.25, 0.3) is 0 Å². The van der Waals surface area contributed by atoms with Crippen LogP contribution in [-0.2, 0) is 11.4 Å². The molecule has 0 saturated carbocycles. The Morgan fingerprint density at radius 2 is 1.76 bits per heavy atom. The highest BCUT2D eigenvalue weighted by atomic mass is 16.5. The van der Waals surface area contributed by atoms with E-state index in [4.69, 9.17) is 4.74 Å². The molecule has 0 saturated heterocycles. The fraction of sp³-hybridized carbons (Fsp3) is 0.333. The zero-order valence-corrected chi connectivity index (χ0v) is 15.0. The van der Waals surface area contributed by atoms with E-state index in [0.717, 1.165) is 23.4 Å². The molecule has 2 rings (SSSR count). The largest absolute Gasteiger partial charge is 0.489 e. The molecule has 0 aliphatic rings. The Morgan fingerprint density at radius 3 is 2.44 bits per heavy atom. The molecule has 0 heterocycles. The molecule has 0 atom stereocenters. The van der Waals surface area contributed by atoms with E-state index in [1.165, 1.54) is 0 Å². The predicted octanol–water partition coefficient (Wildman–Crippen LogP) is 4.04. The van der Waals surface area contributed by atoms with E-state index in [-0.39, 0.29) is 5.91 Å². The molecule has 1 amide bonds. The summed E-state index contributed by atoms with van der Waals surface area (Å²) in [7, 11) is 0. The lowest BCUT2D eigenvalue weighted by atomic mass is 10.1. The molecule has 133 valence electrons. The summed E-state index contributed by atoms with van der Waals surface area (Å²) in [5, 5.41) is 6.16. The maximum absolute atomic E-state index is 11.6. The molecule has 4 nitrogen and oxygen atoms in total. The van der Waals surface area contributed by atoms with E-state index in [1.54, 1.807) is 6.42 Å². The first-order valence-electron chi connectivity index (χ1n) is 8.75. The van der Waals surface area contributed by atoms with Gasteiger partial charge in [-0.2, -0.15) is 0 Å². The Kier molecular flexibility index (Phi) is 7.83. The fourth-order valence-electron chi connectivity index (χ4n) is 2.22. The molecule has 1 radical (unpaired) electrons. The van der Waals surface area contributed by atoms with E-state index < -0.39 is 0 Å². The second kappa shape index (κ2) is 10.4. The number of anilines is 1. The summed E-state index contributed by atoms with van der Waals surface area (Å²) < 4.78 is 5.76. The van der Waals surface area contributed by atoms with Gasteiger partial charge in [-0.15, -0.1) is 0 Å². The minimum absolute atomic E-state index is 0.000148. The second-order valence-electron chi connectivity index (χ2n) is 6.35. The van der Waals surface area contributed by atoms with E-state index in [0.29, 0.717) is 25.6 Å². The molecule has 0 aliphatic heterocycles. The second-order valence-corrected chi connectivity index (χ2v) is 6.35. The number of ether oxygens (including phenoxy) is 1. The van der Waals surface area contributed by atoms with Crippen LogP contribution in [0.3, 0.4) is 0 Å². The molecule has 2 aromatic rings. The zero-order chi connectivity index (χ0) is 17.9. The van der Waals surface area contributed by atoms with Crippen LogP contribution in [0.4, 0.5) is 5.69 Å². The van der Waals surface area contributed by atoms with Gasteiger partial charge in [-0.1, -0.05) is 44.2 Å². The van der Waals surface area contributed by atoms with Crippen molar-refractivity contribution in [3.63, 3.8) is 0 Å². The van der Waals surface area contributed by atoms with Crippen molar-refractivity contribution in [2.24, 2.45) is 5.92 Å². The number of amides is 1. The van der Waals surface area contributed by atoms with Crippen LogP contribution in [0, 0.1) is 12.3 Å². The third-order valence-corrected chi connectivity index (χ3v) is 3.63. The van der Waals surface area contributed by atoms with E-state index in [2.05, 4.69) is 24.5 Å². The molecule has 0 bridgehead atoms. The van der Waals surface area contributed by atoms with Crippen molar-refractivity contribution in [1.29, 1.82) is 0 Å². The molecule has 4 heteroatoms. The van der Waals surface area contributed by atoms with Gasteiger partial charge >= 0.3 is 0 Å². The number of hydrogen-bond donors (Lipinski definition) is 2. The quantitative estimate of drug-likeness (QED) is 0.642. The Bertz CT molecular complexity index is 624. The highest BCUT2D eigenvalue weighted by Gasteiger charge is 2.03. The topological polar surface area (TPSA) is 50.4 Å².